The Hall–Kier alpha value is -2.51. The third-order valence-electron chi connectivity index (χ3n) is 4.51. The topological polar surface area (TPSA) is 89.9 Å². The molecule has 128 valence electrons. The fourth-order valence-electron chi connectivity index (χ4n) is 3.17. The van der Waals surface area contributed by atoms with Crippen molar-refractivity contribution < 1.29 is 5.11 Å². The molecule has 0 saturated heterocycles. The molecule has 0 amide bonds. The third kappa shape index (κ3) is 2.47. The average molecular weight is 353 g/mol. The van der Waals surface area contributed by atoms with E-state index in [0.717, 1.165) is 37.9 Å². The fraction of sp³-hybridized carbons (Fsp3) is 0.278. The van der Waals surface area contributed by atoms with Gasteiger partial charge < -0.3 is 15.4 Å². The van der Waals surface area contributed by atoms with Gasteiger partial charge in [-0.05, 0) is 31.0 Å². The number of nitrogens with zero attached hydrogens (tertiary/aromatic N) is 4. The van der Waals surface area contributed by atoms with Crippen LogP contribution in [0.1, 0.15) is 30.7 Å². The molecule has 0 aliphatic rings. The van der Waals surface area contributed by atoms with E-state index in [2.05, 4.69) is 15.0 Å². The fourth-order valence-corrected chi connectivity index (χ4v) is 4.07. The Morgan fingerprint density at radius 2 is 2.08 bits per heavy atom. The van der Waals surface area contributed by atoms with E-state index in [1.54, 1.807) is 0 Å². The van der Waals surface area contributed by atoms with E-state index >= 15 is 0 Å². The Morgan fingerprint density at radius 3 is 2.80 bits per heavy atom. The summed E-state index contributed by atoms with van der Waals surface area (Å²) < 4.78 is 3.04. The normalized spacial score (nSPS) is 13.0. The molecule has 3 aromatic heterocycles. The first-order chi connectivity index (χ1) is 12.0. The number of aliphatic hydroxyl groups excluding tert-OH is 1. The lowest BCUT2D eigenvalue weighted by Gasteiger charge is -2.12. The van der Waals surface area contributed by atoms with Crippen molar-refractivity contribution in [3.8, 4) is 11.1 Å². The molecule has 0 fully saturated rings. The van der Waals surface area contributed by atoms with Gasteiger partial charge >= 0.3 is 0 Å². The van der Waals surface area contributed by atoms with Crippen LogP contribution in [0.2, 0.25) is 0 Å². The van der Waals surface area contributed by atoms with Gasteiger partial charge in [-0.25, -0.2) is 9.97 Å². The van der Waals surface area contributed by atoms with Crippen molar-refractivity contribution in [1.82, 2.24) is 19.5 Å². The quantitative estimate of drug-likeness (QED) is 0.587. The molecular weight excluding hydrogens is 334 g/mol. The second kappa shape index (κ2) is 5.79. The third-order valence-corrected chi connectivity index (χ3v) is 5.42. The van der Waals surface area contributed by atoms with E-state index in [1.807, 2.05) is 50.1 Å². The van der Waals surface area contributed by atoms with Gasteiger partial charge in [-0.15, -0.1) is 0 Å². The highest BCUT2D eigenvalue weighted by Gasteiger charge is 2.18. The van der Waals surface area contributed by atoms with Crippen LogP contribution in [0, 0.1) is 6.92 Å². The van der Waals surface area contributed by atoms with Crippen LogP contribution < -0.4 is 5.73 Å². The Kier molecular flexibility index (Phi) is 3.70. The monoisotopic (exact) mass is 353 g/mol. The molecule has 0 bridgehead atoms. The first kappa shape index (κ1) is 16.0. The number of fused-ring (bicyclic) bond motifs is 3. The summed E-state index contributed by atoms with van der Waals surface area (Å²) in [5.41, 5.74) is 12.4. The highest BCUT2D eigenvalue weighted by molar-refractivity contribution is 7.22. The predicted molar refractivity (Wildman–Crippen MR) is 102 cm³/mol. The van der Waals surface area contributed by atoms with Crippen LogP contribution in [-0.4, -0.2) is 24.6 Å². The Balaban J connectivity index is 2.00. The molecule has 4 aromatic rings. The van der Waals surface area contributed by atoms with Crippen LogP contribution in [0.3, 0.4) is 0 Å². The minimum atomic E-state index is -0.538. The lowest BCUT2D eigenvalue weighted by atomic mass is 9.99. The molecule has 0 unspecified atom stereocenters. The number of imidazole rings is 1. The maximum absolute atomic E-state index is 10.0. The highest BCUT2D eigenvalue weighted by Crippen LogP contribution is 2.38. The van der Waals surface area contributed by atoms with Crippen molar-refractivity contribution in [2.45, 2.75) is 26.4 Å². The number of pyridine rings is 1. The minimum absolute atomic E-state index is 0.538. The number of benzene rings is 1. The van der Waals surface area contributed by atoms with E-state index in [0.29, 0.717) is 17.2 Å². The highest BCUT2D eigenvalue weighted by atomic mass is 32.1. The minimum Gasteiger partial charge on any atom is -0.387 e. The molecule has 0 spiro atoms. The summed E-state index contributed by atoms with van der Waals surface area (Å²) in [6.07, 6.45) is 3.72. The maximum Gasteiger partial charge on any atom is 0.181 e. The lowest BCUT2D eigenvalue weighted by molar-refractivity contribution is 0.169. The van der Waals surface area contributed by atoms with Crippen molar-refractivity contribution in [1.29, 1.82) is 0 Å². The first-order valence-electron chi connectivity index (χ1n) is 8.14. The predicted octanol–water partition coefficient (Wildman–Crippen LogP) is 3.58. The van der Waals surface area contributed by atoms with Gasteiger partial charge in [0.1, 0.15) is 0 Å². The van der Waals surface area contributed by atoms with Gasteiger partial charge in [0.2, 0.25) is 0 Å². The number of nitrogen functional groups attached to an aromatic ring is 1. The van der Waals surface area contributed by atoms with Crippen LogP contribution in [-0.2, 0) is 7.05 Å². The van der Waals surface area contributed by atoms with Crippen molar-refractivity contribution >= 4 is 37.7 Å². The van der Waals surface area contributed by atoms with Crippen LogP contribution in [0.15, 0.2) is 24.7 Å². The maximum atomic E-state index is 10.0. The van der Waals surface area contributed by atoms with E-state index in [-0.39, 0.29) is 0 Å². The zero-order chi connectivity index (χ0) is 17.7. The molecule has 0 aliphatic carbocycles. The summed E-state index contributed by atoms with van der Waals surface area (Å²) in [5, 5.41) is 10.6. The smallest absolute Gasteiger partial charge is 0.181 e. The largest absolute Gasteiger partial charge is 0.387 e. The SMILES string of the molecule is CC[C@H](O)c1cc(C)c(-c2cc3nc(N)sc3c3c2ncn3C)cn1. The number of aliphatic hydroxyl groups is 1. The Bertz CT molecular complexity index is 1100. The number of thiazole rings is 1. The number of hydrogen-bond acceptors (Lipinski definition) is 6. The van der Waals surface area contributed by atoms with E-state index in [4.69, 9.17) is 5.73 Å². The van der Waals surface area contributed by atoms with Crippen LogP contribution in [0.5, 0.6) is 0 Å². The number of rotatable bonds is 3. The summed E-state index contributed by atoms with van der Waals surface area (Å²) in [6, 6.07) is 3.97. The van der Waals surface area contributed by atoms with E-state index < -0.39 is 6.10 Å². The zero-order valence-corrected chi connectivity index (χ0v) is 15.1. The lowest BCUT2D eigenvalue weighted by Crippen LogP contribution is -2.00. The summed E-state index contributed by atoms with van der Waals surface area (Å²) in [7, 11) is 1.97. The molecule has 6 nitrogen and oxygen atoms in total. The van der Waals surface area contributed by atoms with E-state index in [9.17, 15) is 5.11 Å². The molecule has 4 rings (SSSR count). The van der Waals surface area contributed by atoms with Gasteiger partial charge in [0.15, 0.2) is 5.13 Å². The van der Waals surface area contributed by atoms with Crippen LogP contribution >= 0.6 is 11.3 Å². The van der Waals surface area contributed by atoms with Gasteiger partial charge in [0.05, 0.1) is 39.4 Å². The van der Waals surface area contributed by atoms with Gasteiger partial charge in [0.25, 0.3) is 0 Å². The molecule has 3 N–H and O–H groups in total. The standard InChI is InChI=1S/C18H19N5OS/c1-4-14(24)12-5-9(2)11(7-20-12)10-6-13-17(25-18(19)22-13)16-15(10)21-8-23(16)3/h5-8,14,24H,4H2,1-3H3,(H2,19,22)/t14-/m0/s1. The second-order valence-electron chi connectivity index (χ2n) is 6.23. The number of aryl methyl sites for hydroxylation is 2. The molecule has 25 heavy (non-hydrogen) atoms. The number of aromatic nitrogens is 4. The number of hydrogen-bond donors (Lipinski definition) is 2. The van der Waals surface area contributed by atoms with Crippen LogP contribution in [0.25, 0.3) is 32.4 Å². The van der Waals surface area contributed by atoms with Gasteiger partial charge in [-0.2, -0.15) is 0 Å². The first-order valence-corrected chi connectivity index (χ1v) is 8.96. The van der Waals surface area contributed by atoms with E-state index in [1.165, 1.54) is 11.3 Å². The second-order valence-corrected chi connectivity index (χ2v) is 7.26. The molecule has 7 heteroatoms. The average Bonchev–Trinajstić information content (AvgIpc) is 3.15. The van der Waals surface area contributed by atoms with Gasteiger partial charge in [0, 0.05) is 24.4 Å². The Morgan fingerprint density at radius 1 is 1.28 bits per heavy atom. The summed E-state index contributed by atoms with van der Waals surface area (Å²) in [5.74, 6) is 0. The van der Waals surface area contributed by atoms with Crippen molar-refractivity contribution in [2.75, 3.05) is 5.73 Å². The van der Waals surface area contributed by atoms with Gasteiger partial charge in [-0.3, -0.25) is 4.98 Å². The molecular formula is C18H19N5OS. The molecule has 3 heterocycles. The van der Waals surface area contributed by atoms with Crippen molar-refractivity contribution in [2.24, 2.45) is 7.05 Å². The summed E-state index contributed by atoms with van der Waals surface area (Å²) in [6.45, 7) is 3.96. The molecule has 1 atom stereocenters. The molecule has 0 aliphatic heterocycles. The van der Waals surface area contributed by atoms with Crippen molar-refractivity contribution in [3.05, 3.63) is 35.9 Å². The van der Waals surface area contributed by atoms with Crippen molar-refractivity contribution in [3.63, 3.8) is 0 Å². The van der Waals surface area contributed by atoms with Gasteiger partial charge in [-0.1, -0.05) is 18.3 Å². The number of anilines is 1. The molecule has 1 aromatic carbocycles. The molecule has 0 saturated carbocycles. The number of nitrogens with two attached hydrogens (primary N) is 1. The summed E-state index contributed by atoms with van der Waals surface area (Å²) >= 11 is 1.47. The Labute approximate surface area is 149 Å². The summed E-state index contributed by atoms with van der Waals surface area (Å²) in [4.78, 5) is 13.5. The van der Waals surface area contributed by atoms with Crippen LogP contribution in [0.4, 0.5) is 5.13 Å². The zero-order valence-electron chi connectivity index (χ0n) is 14.3. The molecule has 0 radical (unpaired) electrons.